The van der Waals surface area contributed by atoms with Crippen molar-refractivity contribution in [2.24, 2.45) is 5.41 Å². The maximum Gasteiger partial charge on any atom is 0.161 e. The average molecular weight is 322 g/mol. The molecule has 1 atom stereocenters. The van der Waals surface area contributed by atoms with Crippen molar-refractivity contribution < 1.29 is 4.74 Å². The van der Waals surface area contributed by atoms with E-state index in [9.17, 15) is 0 Å². The van der Waals surface area contributed by atoms with E-state index < -0.39 is 0 Å². The Hall–Kier alpha value is -2.01. The van der Waals surface area contributed by atoms with Crippen molar-refractivity contribution in [2.45, 2.75) is 32.1 Å². The first kappa shape index (κ1) is 14.3. The highest BCUT2D eigenvalue weighted by Crippen LogP contribution is 2.41. The van der Waals surface area contributed by atoms with Gasteiger partial charge in [-0.05, 0) is 44.2 Å². The van der Waals surface area contributed by atoms with Crippen molar-refractivity contribution >= 4 is 5.82 Å². The highest BCUT2D eigenvalue weighted by molar-refractivity contribution is 5.61. The van der Waals surface area contributed by atoms with Gasteiger partial charge >= 0.3 is 0 Å². The van der Waals surface area contributed by atoms with E-state index in [1.807, 2.05) is 24.5 Å². The van der Waals surface area contributed by atoms with Gasteiger partial charge in [0.05, 0.1) is 6.61 Å². The molecule has 5 heteroatoms. The lowest BCUT2D eigenvalue weighted by Gasteiger charge is -2.24. The highest BCUT2D eigenvalue weighted by atomic mass is 16.5. The van der Waals surface area contributed by atoms with Gasteiger partial charge in [0.2, 0.25) is 0 Å². The molecule has 0 radical (unpaired) electrons. The largest absolute Gasteiger partial charge is 0.381 e. The molecule has 2 aromatic heterocycles. The Morgan fingerprint density at radius 2 is 2.00 bits per heavy atom. The molecular weight excluding hydrogens is 300 g/mol. The van der Waals surface area contributed by atoms with Gasteiger partial charge in [0, 0.05) is 54.3 Å². The van der Waals surface area contributed by atoms with Crippen LogP contribution in [0.25, 0.3) is 11.4 Å². The molecule has 0 saturated carbocycles. The quantitative estimate of drug-likeness (QED) is 0.851. The number of pyridine rings is 1. The maximum atomic E-state index is 5.69. The number of hydrogen-bond acceptors (Lipinski definition) is 5. The average Bonchev–Trinajstić information content (AvgIpc) is 3.37. The standard InChI is InChI=1S/C19H22N4O/c1-2-15-16(3-1)21-17(14-4-8-20-9-5-14)22-18(15)23-10-6-19(12-23)7-11-24-13-19/h4-5,8-9H,1-3,6-7,10-13H2. The smallest absolute Gasteiger partial charge is 0.161 e. The molecule has 24 heavy (non-hydrogen) atoms. The molecule has 1 unspecified atom stereocenters. The minimum Gasteiger partial charge on any atom is -0.381 e. The normalized spacial score (nSPS) is 25.6. The van der Waals surface area contributed by atoms with Crippen molar-refractivity contribution in [1.29, 1.82) is 0 Å². The SMILES string of the molecule is c1cc(-c2nc3c(c(N4CCC5(CCOC5)C4)n2)CCC3)ccn1. The number of ether oxygens (including phenoxy) is 1. The zero-order valence-electron chi connectivity index (χ0n) is 13.9. The fourth-order valence-corrected chi connectivity index (χ4v) is 4.39. The molecular formula is C19H22N4O. The molecule has 4 heterocycles. The minimum absolute atomic E-state index is 0.354. The Kier molecular flexibility index (Phi) is 3.30. The first-order chi connectivity index (χ1) is 11.8. The summed E-state index contributed by atoms with van der Waals surface area (Å²) in [7, 11) is 0. The number of anilines is 1. The molecule has 1 spiro atoms. The predicted octanol–water partition coefficient (Wildman–Crippen LogP) is 2.64. The van der Waals surface area contributed by atoms with Gasteiger partial charge in [0.1, 0.15) is 5.82 Å². The second kappa shape index (κ2) is 5.52. The summed E-state index contributed by atoms with van der Waals surface area (Å²) >= 11 is 0. The molecule has 2 saturated heterocycles. The van der Waals surface area contributed by atoms with Gasteiger partial charge in [-0.1, -0.05) is 0 Å². The molecule has 2 aliphatic heterocycles. The Bertz CT molecular complexity index is 755. The van der Waals surface area contributed by atoms with E-state index in [1.54, 1.807) is 0 Å². The van der Waals surface area contributed by atoms with Gasteiger partial charge in [0.25, 0.3) is 0 Å². The molecule has 0 N–H and O–H groups in total. The zero-order chi connectivity index (χ0) is 16.0. The lowest BCUT2D eigenvalue weighted by atomic mass is 9.87. The predicted molar refractivity (Wildman–Crippen MR) is 92.0 cm³/mol. The summed E-state index contributed by atoms with van der Waals surface area (Å²) in [6.45, 7) is 3.99. The highest BCUT2D eigenvalue weighted by Gasteiger charge is 2.42. The molecule has 1 aliphatic carbocycles. The third-order valence-corrected chi connectivity index (χ3v) is 5.77. The van der Waals surface area contributed by atoms with Crippen LogP contribution in [0.15, 0.2) is 24.5 Å². The summed E-state index contributed by atoms with van der Waals surface area (Å²) in [6.07, 6.45) is 9.41. The first-order valence-corrected chi connectivity index (χ1v) is 8.96. The minimum atomic E-state index is 0.354. The number of aryl methyl sites for hydroxylation is 1. The van der Waals surface area contributed by atoms with Crippen LogP contribution in [-0.4, -0.2) is 41.3 Å². The van der Waals surface area contributed by atoms with Crippen LogP contribution in [0, 0.1) is 5.41 Å². The lowest BCUT2D eigenvalue weighted by molar-refractivity contribution is 0.160. The van der Waals surface area contributed by atoms with Crippen LogP contribution in [0.5, 0.6) is 0 Å². The first-order valence-electron chi connectivity index (χ1n) is 8.96. The topological polar surface area (TPSA) is 51.1 Å². The Morgan fingerprint density at radius 3 is 2.83 bits per heavy atom. The molecule has 5 rings (SSSR count). The van der Waals surface area contributed by atoms with Gasteiger partial charge in [-0.15, -0.1) is 0 Å². The van der Waals surface area contributed by atoms with Crippen molar-refractivity contribution in [3.8, 4) is 11.4 Å². The summed E-state index contributed by atoms with van der Waals surface area (Å²) in [5.41, 5.74) is 4.03. The van der Waals surface area contributed by atoms with Crippen LogP contribution in [-0.2, 0) is 17.6 Å². The van der Waals surface area contributed by atoms with Crippen LogP contribution >= 0.6 is 0 Å². The van der Waals surface area contributed by atoms with Gasteiger partial charge in [-0.2, -0.15) is 0 Å². The number of rotatable bonds is 2. The lowest BCUT2D eigenvalue weighted by Crippen LogP contribution is -2.29. The maximum absolute atomic E-state index is 5.69. The second-order valence-electron chi connectivity index (χ2n) is 7.36. The molecule has 0 amide bonds. The monoisotopic (exact) mass is 322 g/mol. The molecule has 124 valence electrons. The van der Waals surface area contributed by atoms with Gasteiger partial charge in [0.15, 0.2) is 5.82 Å². The van der Waals surface area contributed by atoms with E-state index in [-0.39, 0.29) is 0 Å². The van der Waals surface area contributed by atoms with E-state index in [0.717, 1.165) is 50.5 Å². The number of nitrogens with zero attached hydrogens (tertiary/aromatic N) is 4. The molecule has 5 nitrogen and oxygen atoms in total. The van der Waals surface area contributed by atoms with E-state index in [1.165, 1.54) is 36.3 Å². The molecule has 2 aromatic rings. The summed E-state index contributed by atoms with van der Waals surface area (Å²) in [5.74, 6) is 2.02. The summed E-state index contributed by atoms with van der Waals surface area (Å²) in [4.78, 5) is 16.5. The van der Waals surface area contributed by atoms with Gasteiger partial charge < -0.3 is 9.64 Å². The van der Waals surface area contributed by atoms with Crippen LogP contribution < -0.4 is 4.90 Å². The number of hydrogen-bond donors (Lipinski definition) is 0. The molecule has 2 fully saturated rings. The molecule has 3 aliphatic rings. The number of aromatic nitrogens is 3. The van der Waals surface area contributed by atoms with Crippen molar-refractivity contribution in [2.75, 3.05) is 31.2 Å². The Labute approximate surface area is 142 Å². The van der Waals surface area contributed by atoms with E-state index in [0.29, 0.717) is 5.41 Å². The van der Waals surface area contributed by atoms with Crippen molar-refractivity contribution in [3.63, 3.8) is 0 Å². The summed E-state index contributed by atoms with van der Waals surface area (Å²) in [6, 6.07) is 3.99. The Morgan fingerprint density at radius 1 is 1.08 bits per heavy atom. The van der Waals surface area contributed by atoms with Crippen LogP contribution in [0.3, 0.4) is 0 Å². The summed E-state index contributed by atoms with van der Waals surface area (Å²) < 4.78 is 5.69. The fourth-order valence-electron chi connectivity index (χ4n) is 4.39. The van der Waals surface area contributed by atoms with Gasteiger partial charge in [-0.3, -0.25) is 4.98 Å². The van der Waals surface area contributed by atoms with Crippen molar-refractivity contribution in [1.82, 2.24) is 15.0 Å². The van der Waals surface area contributed by atoms with E-state index in [2.05, 4.69) is 9.88 Å². The Balaban J connectivity index is 1.55. The third-order valence-electron chi connectivity index (χ3n) is 5.77. The van der Waals surface area contributed by atoms with Crippen LogP contribution in [0.1, 0.15) is 30.5 Å². The molecule has 0 aromatic carbocycles. The molecule has 0 bridgehead atoms. The second-order valence-corrected chi connectivity index (χ2v) is 7.36. The van der Waals surface area contributed by atoms with E-state index in [4.69, 9.17) is 14.7 Å². The zero-order valence-corrected chi connectivity index (χ0v) is 13.9. The third kappa shape index (κ3) is 2.30. The van der Waals surface area contributed by atoms with Crippen LogP contribution in [0.4, 0.5) is 5.82 Å². The van der Waals surface area contributed by atoms with Gasteiger partial charge in [-0.25, -0.2) is 9.97 Å². The summed E-state index contributed by atoms with van der Waals surface area (Å²) in [5, 5.41) is 0. The van der Waals surface area contributed by atoms with Crippen LogP contribution in [0.2, 0.25) is 0 Å². The number of fused-ring (bicyclic) bond motifs is 1. The van der Waals surface area contributed by atoms with Crippen molar-refractivity contribution in [3.05, 3.63) is 35.8 Å². The van der Waals surface area contributed by atoms with E-state index >= 15 is 0 Å². The fraction of sp³-hybridized carbons (Fsp3) is 0.526.